The number of nitrogens with zero attached hydrogens (tertiary/aromatic N) is 2. The van der Waals surface area contributed by atoms with E-state index in [2.05, 4.69) is 53.3 Å². The normalized spacial score (nSPS) is 11.2. The third-order valence-electron chi connectivity index (χ3n) is 4.41. The molecule has 1 heterocycles. The van der Waals surface area contributed by atoms with Gasteiger partial charge in [0.2, 0.25) is 5.91 Å². The molecule has 142 valence electrons. The van der Waals surface area contributed by atoms with Crippen molar-refractivity contribution in [3.8, 4) is 0 Å². The van der Waals surface area contributed by atoms with Gasteiger partial charge in [-0.25, -0.2) is 4.98 Å². The zero-order valence-corrected chi connectivity index (χ0v) is 16.6. The van der Waals surface area contributed by atoms with Crippen LogP contribution >= 0.6 is 11.8 Å². The summed E-state index contributed by atoms with van der Waals surface area (Å²) in [4.78, 5) is 18.8. The fourth-order valence-corrected chi connectivity index (χ4v) is 3.43. The summed E-state index contributed by atoms with van der Waals surface area (Å²) < 4.78 is 5.61. The van der Waals surface area contributed by atoms with Crippen LogP contribution in [0.1, 0.15) is 25.0 Å². The van der Waals surface area contributed by atoms with Crippen molar-refractivity contribution >= 4 is 28.8 Å². The molecular formula is C21H25N3O2S. The van der Waals surface area contributed by atoms with Crippen molar-refractivity contribution in [3.05, 3.63) is 59.7 Å². The summed E-state index contributed by atoms with van der Waals surface area (Å²) in [6, 6.07) is 16.0. The molecule has 0 saturated heterocycles. The number of fused-ring (bicyclic) bond motifs is 1. The minimum absolute atomic E-state index is 0.0329. The second kappa shape index (κ2) is 9.58. The van der Waals surface area contributed by atoms with E-state index in [4.69, 9.17) is 4.42 Å². The molecule has 0 aliphatic heterocycles. The number of carbonyl (C=O) groups is 1. The zero-order valence-electron chi connectivity index (χ0n) is 15.8. The Morgan fingerprint density at radius 1 is 1.07 bits per heavy atom. The van der Waals surface area contributed by atoms with Gasteiger partial charge in [0.1, 0.15) is 5.52 Å². The minimum atomic E-state index is -0.0329. The summed E-state index contributed by atoms with van der Waals surface area (Å²) in [5, 5.41) is 3.47. The maximum atomic E-state index is 12.1. The predicted molar refractivity (Wildman–Crippen MR) is 110 cm³/mol. The molecule has 0 aliphatic carbocycles. The van der Waals surface area contributed by atoms with Gasteiger partial charge in [0.25, 0.3) is 5.22 Å². The molecule has 6 heteroatoms. The average molecular weight is 384 g/mol. The fraction of sp³-hybridized carbons (Fsp3) is 0.333. The number of hydrogen-bond donors (Lipinski definition) is 1. The third kappa shape index (κ3) is 5.58. The van der Waals surface area contributed by atoms with Gasteiger partial charge in [-0.05, 0) is 36.3 Å². The highest BCUT2D eigenvalue weighted by Gasteiger charge is 2.09. The van der Waals surface area contributed by atoms with E-state index in [1.807, 2.05) is 24.3 Å². The van der Waals surface area contributed by atoms with E-state index < -0.39 is 0 Å². The number of rotatable bonds is 9. The average Bonchev–Trinajstić information content (AvgIpc) is 3.13. The number of amides is 1. The number of para-hydroxylation sites is 2. The molecule has 0 fully saturated rings. The summed E-state index contributed by atoms with van der Waals surface area (Å²) in [7, 11) is 0. The van der Waals surface area contributed by atoms with Crippen LogP contribution in [0.25, 0.3) is 11.1 Å². The lowest BCUT2D eigenvalue weighted by Crippen LogP contribution is -2.24. The first-order valence-corrected chi connectivity index (χ1v) is 10.2. The summed E-state index contributed by atoms with van der Waals surface area (Å²) >= 11 is 1.31. The smallest absolute Gasteiger partial charge is 0.257 e. The first-order valence-electron chi connectivity index (χ1n) is 9.23. The minimum Gasteiger partial charge on any atom is -0.431 e. The Bertz CT molecular complexity index is 840. The molecule has 27 heavy (non-hydrogen) atoms. The summed E-state index contributed by atoms with van der Waals surface area (Å²) in [6.07, 6.45) is 0. The Labute approximate surface area is 164 Å². The SMILES string of the molecule is CCN(CC)Cc1ccc(CNC(=O)CSc2nc3ccccc3o2)cc1. The van der Waals surface area contributed by atoms with Crippen molar-refractivity contribution in [1.29, 1.82) is 0 Å². The van der Waals surface area contributed by atoms with Crippen LogP contribution in [-0.2, 0) is 17.9 Å². The van der Waals surface area contributed by atoms with Gasteiger partial charge in [-0.3, -0.25) is 9.69 Å². The number of nitrogens with one attached hydrogen (secondary N) is 1. The number of carbonyl (C=O) groups excluding carboxylic acids is 1. The summed E-state index contributed by atoms with van der Waals surface area (Å²) in [6.45, 7) is 7.93. The summed E-state index contributed by atoms with van der Waals surface area (Å²) in [5.74, 6) is 0.252. The van der Waals surface area contributed by atoms with Gasteiger partial charge >= 0.3 is 0 Å². The van der Waals surface area contributed by atoms with Crippen molar-refractivity contribution in [3.63, 3.8) is 0 Å². The molecule has 0 spiro atoms. The maximum Gasteiger partial charge on any atom is 0.257 e. The Morgan fingerprint density at radius 3 is 2.48 bits per heavy atom. The first kappa shape index (κ1) is 19.5. The van der Waals surface area contributed by atoms with Crippen LogP contribution in [0.5, 0.6) is 0 Å². The Balaban J connectivity index is 1.44. The van der Waals surface area contributed by atoms with Crippen LogP contribution in [0.3, 0.4) is 0 Å². The lowest BCUT2D eigenvalue weighted by molar-refractivity contribution is -0.118. The molecule has 0 radical (unpaired) electrons. The topological polar surface area (TPSA) is 58.4 Å². The lowest BCUT2D eigenvalue weighted by atomic mass is 10.1. The van der Waals surface area contributed by atoms with Gasteiger partial charge in [-0.2, -0.15) is 0 Å². The zero-order chi connectivity index (χ0) is 19.1. The number of aromatic nitrogens is 1. The molecular weight excluding hydrogens is 358 g/mol. The highest BCUT2D eigenvalue weighted by molar-refractivity contribution is 7.99. The molecule has 3 rings (SSSR count). The van der Waals surface area contributed by atoms with Gasteiger partial charge in [-0.15, -0.1) is 0 Å². The molecule has 0 unspecified atom stereocenters. The van der Waals surface area contributed by atoms with E-state index in [0.717, 1.165) is 36.3 Å². The molecule has 0 bridgehead atoms. The number of oxazole rings is 1. The van der Waals surface area contributed by atoms with Crippen LogP contribution in [0.15, 0.2) is 58.2 Å². The van der Waals surface area contributed by atoms with Crippen molar-refractivity contribution in [1.82, 2.24) is 15.2 Å². The number of thioether (sulfide) groups is 1. The molecule has 0 atom stereocenters. The van der Waals surface area contributed by atoms with Crippen molar-refractivity contribution in [2.24, 2.45) is 0 Å². The summed E-state index contributed by atoms with van der Waals surface area (Å²) in [5.41, 5.74) is 3.94. The Hall–Kier alpha value is -2.31. The van der Waals surface area contributed by atoms with Gasteiger partial charge in [0.15, 0.2) is 5.58 Å². The van der Waals surface area contributed by atoms with E-state index >= 15 is 0 Å². The van der Waals surface area contributed by atoms with Crippen molar-refractivity contribution < 1.29 is 9.21 Å². The number of benzene rings is 2. The Morgan fingerprint density at radius 2 is 1.78 bits per heavy atom. The van der Waals surface area contributed by atoms with Crippen LogP contribution in [0, 0.1) is 0 Å². The molecule has 2 aromatic carbocycles. The van der Waals surface area contributed by atoms with Gasteiger partial charge < -0.3 is 9.73 Å². The molecule has 5 nitrogen and oxygen atoms in total. The van der Waals surface area contributed by atoms with Gasteiger partial charge in [0.05, 0.1) is 5.75 Å². The van der Waals surface area contributed by atoms with E-state index in [9.17, 15) is 4.79 Å². The van der Waals surface area contributed by atoms with Crippen molar-refractivity contribution in [2.75, 3.05) is 18.8 Å². The Kier molecular flexibility index (Phi) is 6.90. The van der Waals surface area contributed by atoms with Gasteiger partial charge in [-0.1, -0.05) is 62.0 Å². The predicted octanol–water partition coefficient (Wildman–Crippen LogP) is 4.08. The van der Waals surface area contributed by atoms with Crippen LogP contribution in [-0.4, -0.2) is 34.6 Å². The van der Waals surface area contributed by atoms with Crippen molar-refractivity contribution in [2.45, 2.75) is 32.2 Å². The van der Waals surface area contributed by atoms with Gasteiger partial charge in [0, 0.05) is 13.1 Å². The monoisotopic (exact) mass is 383 g/mol. The number of hydrogen-bond acceptors (Lipinski definition) is 5. The van der Waals surface area contributed by atoms with E-state index in [-0.39, 0.29) is 11.7 Å². The molecule has 1 aromatic heterocycles. The second-order valence-corrected chi connectivity index (χ2v) is 7.22. The molecule has 3 aromatic rings. The molecule has 0 saturated carbocycles. The van der Waals surface area contributed by atoms with E-state index in [0.29, 0.717) is 11.8 Å². The fourth-order valence-electron chi connectivity index (χ4n) is 2.76. The molecule has 0 aliphatic rings. The molecule has 1 amide bonds. The highest BCUT2D eigenvalue weighted by Crippen LogP contribution is 2.22. The van der Waals surface area contributed by atoms with E-state index in [1.54, 1.807) is 0 Å². The lowest BCUT2D eigenvalue weighted by Gasteiger charge is -2.18. The largest absolute Gasteiger partial charge is 0.431 e. The third-order valence-corrected chi connectivity index (χ3v) is 5.24. The quantitative estimate of drug-likeness (QED) is 0.564. The first-order chi connectivity index (χ1) is 13.2. The maximum absolute atomic E-state index is 12.1. The standard InChI is InChI=1S/C21H25N3O2S/c1-3-24(4-2)14-17-11-9-16(10-12-17)13-22-20(25)15-27-21-23-18-7-5-6-8-19(18)26-21/h5-12H,3-4,13-15H2,1-2H3,(H,22,25). The van der Waals surface area contributed by atoms with Crippen LogP contribution in [0.4, 0.5) is 0 Å². The molecule has 1 N–H and O–H groups in total. The van der Waals surface area contributed by atoms with Crippen LogP contribution < -0.4 is 5.32 Å². The van der Waals surface area contributed by atoms with E-state index in [1.165, 1.54) is 17.3 Å². The highest BCUT2D eigenvalue weighted by atomic mass is 32.2. The van der Waals surface area contributed by atoms with Crippen LogP contribution in [0.2, 0.25) is 0 Å². The second-order valence-electron chi connectivity index (χ2n) is 6.29.